The van der Waals surface area contributed by atoms with Gasteiger partial charge in [-0.25, -0.2) is 9.59 Å². The highest BCUT2D eigenvalue weighted by Gasteiger charge is 2.19. The largest absolute Gasteiger partial charge is 0.493 e. The summed E-state index contributed by atoms with van der Waals surface area (Å²) in [4.78, 5) is 23.6. The molecule has 39 heavy (non-hydrogen) atoms. The molecule has 0 radical (unpaired) electrons. The predicted octanol–water partition coefficient (Wildman–Crippen LogP) is 6.05. The predicted molar refractivity (Wildman–Crippen MR) is 150 cm³/mol. The van der Waals surface area contributed by atoms with E-state index in [2.05, 4.69) is 5.32 Å². The average Bonchev–Trinajstić information content (AvgIpc) is 2.89. The van der Waals surface area contributed by atoms with Gasteiger partial charge < -0.3 is 29.4 Å². The van der Waals surface area contributed by atoms with Crippen LogP contribution in [0, 0.1) is 0 Å². The Kier molecular flexibility index (Phi) is 10.3. The van der Waals surface area contributed by atoms with Crippen molar-refractivity contribution in [2.75, 3.05) is 25.6 Å². The Bertz CT molecular complexity index is 1230. The van der Waals surface area contributed by atoms with Gasteiger partial charge in [0.2, 0.25) is 0 Å². The van der Waals surface area contributed by atoms with Gasteiger partial charge in [0.1, 0.15) is 5.60 Å². The molecule has 0 spiro atoms. The Labute approximate surface area is 229 Å². The zero-order valence-corrected chi connectivity index (χ0v) is 23.2. The fourth-order valence-corrected chi connectivity index (χ4v) is 3.82. The molecule has 0 saturated carbocycles. The molecular weight excluding hydrogens is 498 g/mol. The lowest BCUT2D eigenvalue weighted by molar-refractivity contribution is -0.149. The van der Waals surface area contributed by atoms with E-state index in [9.17, 15) is 14.7 Å². The van der Waals surface area contributed by atoms with Crippen LogP contribution in [-0.2, 0) is 27.1 Å². The SMILES string of the molecule is CCOC(Cc1ccc(OCCc2ccc(Nc3ccc(C(=O)OC(C)(C)C)cc3)cc2)c(OC)c1)C(=O)O. The van der Waals surface area contributed by atoms with Crippen molar-refractivity contribution in [3.8, 4) is 11.5 Å². The number of carboxylic acids is 1. The number of hydrogen-bond donors (Lipinski definition) is 2. The highest BCUT2D eigenvalue weighted by molar-refractivity contribution is 5.90. The van der Waals surface area contributed by atoms with Gasteiger partial charge in [-0.2, -0.15) is 0 Å². The minimum Gasteiger partial charge on any atom is -0.493 e. The molecular formula is C31H37NO7. The molecule has 0 aliphatic heterocycles. The average molecular weight is 536 g/mol. The van der Waals surface area contributed by atoms with Gasteiger partial charge in [0, 0.05) is 30.8 Å². The number of hydrogen-bond acceptors (Lipinski definition) is 7. The molecule has 0 saturated heterocycles. The number of methoxy groups -OCH3 is 1. The van der Waals surface area contributed by atoms with Crippen LogP contribution in [0.1, 0.15) is 49.2 Å². The molecule has 2 N–H and O–H groups in total. The molecule has 3 rings (SSSR count). The molecule has 0 heterocycles. The smallest absolute Gasteiger partial charge is 0.338 e. The van der Waals surface area contributed by atoms with E-state index < -0.39 is 17.7 Å². The standard InChI is InChI=1S/C31H37NO7/c1-6-37-28(29(33)34)20-22-9-16-26(27(19-22)36-5)38-18-17-21-7-12-24(13-8-21)32-25-14-10-23(11-15-25)30(35)39-31(2,3)4/h7-16,19,28,32H,6,17-18,20H2,1-5H3,(H,33,34). The zero-order chi connectivity index (χ0) is 28.4. The maximum Gasteiger partial charge on any atom is 0.338 e. The second-order valence-electron chi connectivity index (χ2n) is 9.97. The van der Waals surface area contributed by atoms with E-state index in [0.717, 1.165) is 22.5 Å². The first-order valence-electron chi connectivity index (χ1n) is 12.9. The number of carbonyl (C=O) groups excluding carboxylic acids is 1. The third-order valence-electron chi connectivity index (χ3n) is 5.70. The van der Waals surface area contributed by atoms with Crippen molar-refractivity contribution in [1.29, 1.82) is 0 Å². The molecule has 8 nitrogen and oxygen atoms in total. The van der Waals surface area contributed by atoms with Crippen LogP contribution in [0.5, 0.6) is 11.5 Å². The molecule has 3 aromatic rings. The normalized spacial score (nSPS) is 11.9. The van der Waals surface area contributed by atoms with E-state index in [1.165, 1.54) is 0 Å². The summed E-state index contributed by atoms with van der Waals surface area (Å²) in [5.74, 6) is -0.195. The fourth-order valence-electron chi connectivity index (χ4n) is 3.82. The van der Waals surface area contributed by atoms with Crippen LogP contribution < -0.4 is 14.8 Å². The molecule has 3 aromatic carbocycles. The van der Waals surface area contributed by atoms with Gasteiger partial charge in [0.15, 0.2) is 17.6 Å². The number of esters is 1. The van der Waals surface area contributed by atoms with Gasteiger partial charge in [-0.05, 0) is 87.4 Å². The van der Waals surface area contributed by atoms with Gasteiger partial charge in [0.25, 0.3) is 0 Å². The van der Waals surface area contributed by atoms with Gasteiger partial charge in [-0.1, -0.05) is 18.2 Å². The Morgan fingerprint density at radius 2 is 1.51 bits per heavy atom. The van der Waals surface area contributed by atoms with Crippen LogP contribution in [0.3, 0.4) is 0 Å². The molecule has 1 unspecified atom stereocenters. The summed E-state index contributed by atoms with van der Waals surface area (Å²) in [6.45, 7) is 8.08. The molecule has 1 atom stereocenters. The van der Waals surface area contributed by atoms with Crippen molar-refractivity contribution < 1.29 is 33.6 Å². The number of carboxylic acid groups (broad SMARTS) is 1. The van der Waals surface area contributed by atoms with Crippen molar-refractivity contribution in [3.05, 3.63) is 83.4 Å². The third-order valence-corrected chi connectivity index (χ3v) is 5.70. The number of carbonyl (C=O) groups is 2. The van der Waals surface area contributed by atoms with Crippen molar-refractivity contribution in [2.24, 2.45) is 0 Å². The lowest BCUT2D eigenvalue weighted by Gasteiger charge is -2.19. The molecule has 8 heteroatoms. The number of ether oxygens (including phenoxy) is 4. The zero-order valence-electron chi connectivity index (χ0n) is 23.2. The van der Waals surface area contributed by atoms with E-state index in [-0.39, 0.29) is 12.4 Å². The Balaban J connectivity index is 1.52. The number of nitrogens with one attached hydrogen (secondary N) is 1. The van der Waals surface area contributed by atoms with Crippen LogP contribution in [0.4, 0.5) is 11.4 Å². The molecule has 0 bridgehead atoms. The Morgan fingerprint density at radius 1 is 0.897 bits per heavy atom. The second-order valence-corrected chi connectivity index (χ2v) is 9.97. The molecule has 0 aromatic heterocycles. The van der Waals surface area contributed by atoms with Gasteiger partial charge in [-0.3, -0.25) is 0 Å². The quantitative estimate of drug-likeness (QED) is 0.255. The van der Waals surface area contributed by atoms with Crippen molar-refractivity contribution in [3.63, 3.8) is 0 Å². The number of benzene rings is 3. The van der Waals surface area contributed by atoms with Crippen LogP contribution in [0.15, 0.2) is 66.7 Å². The van der Waals surface area contributed by atoms with E-state index in [0.29, 0.717) is 36.7 Å². The van der Waals surface area contributed by atoms with Crippen LogP contribution >= 0.6 is 0 Å². The van der Waals surface area contributed by atoms with Crippen molar-refractivity contribution in [1.82, 2.24) is 0 Å². The molecule has 0 aliphatic rings. The number of aliphatic carboxylic acids is 1. The van der Waals surface area contributed by atoms with Crippen LogP contribution in [0.2, 0.25) is 0 Å². The van der Waals surface area contributed by atoms with Crippen LogP contribution in [-0.4, -0.2) is 49.1 Å². The molecule has 208 valence electrons. The summed E-state index contributed by atoms with van der Waals surface area (Å²) in [7, 11) is 1.56. The highest BCUT2D eigenvalue weighted by Crippen LogP contribution is 2.29. The number of rotatable bonds is 13. The molecule has 0 amide bonds. The highest BCUT2D eigenvalue weighted by atomic mass is 16.6. The first-order chi connectivity index (χ1) is 18.6. The number of anilines is 2. The van der Waals surface area contributed by atoms with Crippen molar-refractivity contribution >= 4 is 23.3 Å². The second kappa shape index (κ2) is 13.7. The first kappa shape index (κ1) is 29.5. The van der Waals surface area contributed by atoms with Gasteiger partial charge in [0.05, 0.1) is 19.3 Å². The summed E-state index contributed by atoms with van der Waals surface area (Å²) >= 11 is 0. The topological polar surface area (TPSA) is 103 Å². The summed E-state index contributed by atoms with van der Waals surface area (Å²) in [6, 6.07) is 20.6. The lowest BCUT2D eigenvalue weighted by Crippen LogP contribution is -2.26. The maximum absolute atomic E-state index is 12.2. The molecule has 0 fully saturated rings. The summed E-state index contributed by atoms with van der Waals surface area (Å²) < 4.78 is 22.1. The van der Waals surface area contributed by atoms with Crippen LogP contribution in [0.25, 0.3) is 0 Å². The van der Waals surface area contributed by atoms with E-state index in [4.69, 9.17) is 18.9 Å². The van der Waals surface area contributed by atoms with E-state index in [1.54, 1.807) is 38.3 Å². The first-order valence-corrected chi connectivity index (χ1v) is 12.9. The van der Waals surface area contributed by atoms with Crippen molar-refractivity contribution in [2.45, 2.75) is 52.2 Å². The van der Waals surface area contributed by atoms with Gasteiger partial charge in [-0.15, -0.1) is 0 Å². The monoisotopic (exact) mass is 535 g/mol. The lowest BCUT2D eigenvalue weighted by atomic mass is 10.1. The summed E-state index contributed by atoms with van der Waals surface area (Å²) in [6.07, 6.45) is 0.0375. The minimum atomic E-state index is -0.992. The maximum atomic E-state index is 12.2. The minimum absolute atomic E-state index is 0.244. The fraction of sp³-hybridized carbons (Fsp3) is 0.355. The van der Waals surface area contributed by atoms with Gasteiger partial charge >= 0.3 is 11.9 Å². The Morgan fingerprint density at radius 3 is 2.08 bits per heavy atom. The van der Waals surface area contributed by atoms with E-state index in [1.807, 2.05) is 63.2 Å². The summed E-state index contributed by atoms with van der Waals surface area (Å²) in [5.41, 5.74) is 3.67. The summed E-state index contributed by atoms with van der Waals surface area (Å²) in [5, 5.41) is 12.7. The third kappa shape index (κ3) is 9.33. The molecule has 0 aliphatic carbocycles. The van der Waals surface area contributed by atoms with E-state index >= 15 is 0 Å². The Hall–Kier alpha value is -4.04.